The molecule has 0 spiro atoms. The van der Waals surface area contributed by atoms with E-state index in [2.05, 4.69) is 70.9 Å². The molecule has 7 saturated heterocycles. The van der Waals surface area contributed by atoms with Crippen LogP contribution in [0.1, 0.15) is 234 Å². The topological polar surface area (TPSA) is 237 Å². The van der Waals surface area contributed by atoms with Crippen LogP contribution in [0, 0.1) is 80.4 Å². The van der Waals surface area contributed by atoms with Crippen LogP contribution in [0.15, 0.2) is 103 Å². The SMILES string of the molecule is CC(=O)c1cc(C)c(Cl)cc1N1CCN(C(=O)OC(C)(C)C)CC1.CC(C)(C)N1CC(C(=O)O)[C@H](c2ccc(F)cc2F)C1.Cc1cc(C(C)O)c(N2CCN(C(=O)OC(C)(C)C)CC2)cc1Cl.Cc1cc([C@@H](C)O)c(N2CCN(C(=O)C3CN(C(C)(C)C)C[C@H]3c3ccc(F)cc3F)CC2)cc1Cl.Cc1cc([C@H](C)O)c(N2CCN(C(=O)C3CN(C(C)(C)C)C[C@H]3c3ccc(F)cc3F)CC2)cc1Cl.Cl.[Y]. The molecular weight excluding hydrogens is 2010 g/mol. The van der Waals surface area contributed by atoms with Crippen LogP contribution in [0.2, 0.25) is 20.1 Å². The van der Waals surface area contributed by atoms with Crippen molar-refractivity contribution in [3.05, 3.63) is 219 Å². The number of likely N-dealkylation sites (tertiary alicyclic amines) is 3. The van der Waals surface area contributed by atoms with Gasteiger partial charge in [0.2, 0.25) is 11.8 Å². The minimum absolute atomic E-state index is 0. The van der Waals surface area contributed by atoms with Crippen LogP contribution in [0.4, 0.5) is 58.7 Å². The third kappa shape index (κ3) is 31.0. The van der Waals surface area contributed by atoms with E-state index in [0.717, 1.165) is 79.9 Å². The number of halogens is 11. The molecule has 0 aromatic heterocycles. The van der Waals surface area contributed by atoms with Gasteiger partial charge in [-0.15, -0.1) is 12.4 Å². The van der Waals surface area contributed by atoms with E-state index >= 15 is 0 Å². The van der Waals surface area contributed by atoms with Gasteiger partial charge in [-0.05, 0) is 265 Å². The van der Waals surface area contributed by atoms with E-state index in [-0.39, 0.29) is 109 Å². The van der Waals surface area contributed by atoms with E-state index < -0.39 is 94.1 Å². The number of carbonyl (C=O) groups excluding carboxylic acids is 5. The molecule has 142 heavy (non-hydrogen) atoms. The number of Topliss-reactive ketones (excluding diaryl/α,β-unsaturated/α-hetero) is 1. The summed E-state index contributed by atoms with van der Waals surface area (Å²) in [5, 5.41) is 42.6. The molecular formula is C107H144Cl5F6N11O12Y. The Bertz CT molecular complexity index is 5390. The van der Waals surface area contributed by atoms with Crippen LogP contribution < -0.4 is 19.6 Å². The number of nitrogens with zero attached hydrogens (tertiary/aromatic N) is 11. The predicted octanol–water partition coefficient (Wildman–Crippen LogP) is 21.2. The number of ether oxygens (including phenoxy) is 2. The molecule has 4 unspecified atom stereocenters. The Balaban J connectivity index is 0.000000220. The largest absolute Gasteiger partial charge is 0.481 e. The average Bonchev–Trinajstić information content (AvgIpc) is 1.69. The molecule has 0 aliphatic carbocycles. The van der Waals surface area contributed by atoms with Gasteiger partial charge in [-0.1, -0.05) is 64.6 Å². The van der Waals surface area contributed by atoms with Crippen molar-refractivity contribution in [2.24, 2.45) is 17.8 Å². The zero-order chi connectivity index (χ0) is 104. The van der Waals surface area contributed by atoms with Gasteiger partial charge in [-0.3, -0.25) is 33.9 Å². The molecule has 4 amide bonds. The van der Waals surface area contributed by atoms with Crippen LogP contribution in [0.25, 0.3) is 0 Å². The summed E-state index contributed by atoms with van der Waals surface area (Å²) in [7, 11) is 0. The molecule has 779 valence electrons. The van der Waals surface area contributed by atoms with Gasteiger partial charge in [0.15, 0.2) is 5.78 Å². The summed E-state index contributed by atoms with van der Waals surface area (Å²) in [4.78, 5) is 97.4. The summed E-state index contributed by atoms with van der Waals surface area (Å²) in [5.41, 5.74) is 9.93. The van der Waals surface area contributed by atoms with E-state index in [1.807, 2.05) is 153 Å². The van der Waals surface area contributed by atoms with E-state index in [1.54, 1.807) is 37.5 Å². The Labute approximate surface area is 886 Å². The van der Waals surface area contributed by atoms with E-state index in [0.29, 0.717) is 181 Å². The molecule has 0 saturated carbocycles. The smallest absolute Gasteiger partial charge is 0.410 e. The Morgan fingerprint density at radius 2 is 0.592 bits per heavy atom. The molecule has 7 heterocycles. The van der Waals surface area contributed by atoms with Crippen molar-refractivity contribution in [2.45, 2.75) is 223 Å². The maximum Gasteiger partial charge on any atom is 0.410 e. The minimum Gasteiger partial charge on any atom is -0.481 e. The van der Waals surface area contributed by atoms with Crippen molar-refractivity contribution >= 4 is 117 Å². The van der Waals surface area contributed by atoms with Crippen LogP contribution in [0.3, 0.4) is 0 Å². The zero-order valence-corrected chi connectivity index (χ0v) is 93.0. The molecule has 1 radical (unpaired) electrons. The third-order valence-electron chi connectivity index (χ3n) is 27.2. The molecule has 7 aromatic rings. The minimum atomic E-state index is -0.939. The number of aliphatic hydroxyl groups excluding tert-OH is 3. The van der Waals surface area contributed by atoms with Crippen LogP contribution in [-0.4, -0.2) is 262 Å². The molecule has 7 fully saturated rings. The van der Waals surface area contributed by atoms with E-state index in [4.69, 9.17) is 55.9 Å². The van der Waals surface area contributed by atoms with Crippen molar-refractivity contribution in [3.8, 4) is 0 Å². The number of aliphatic carboxylic acids is 1. The summed E-state index contributed by atoms with van der Waals surface area (Å²) in [6.45, 7) is 56.5. The molecule has 7 aromatic carbocycles. The number of ketones is 1. The standard InChI is InChI=1S/2C28H36ClF2N3O2.C18H27ClN2O3.C18H25ClN2O3.C15H19F2NO2.ClH.Y/c2*1-17-12-21(18(2)35)26(14-24(17)29)32-8-10-33(11-9-32)27(36)23-16-34(28(3,4)5)15-22(23)20-7-6-19(30)13-25(20)31;2*1-12-10-14(13(2)22)16(11-15(12)19)20-6-8-21(9-7-20)17(23)24-18(3,4)5;1-15(2,3)18-7-11(12(8-18)14(19)20)10-5-4-9(16)6-13(10)17;;/h2*6-7,12-14,18,22-23,35H,8-11,15-16H2,1-5H3;10-11,13,22H,6-9H2,1-5H3;10-11H,6-9H2,1-5H3;4-6,11-12H,7-8H2,1-3H3,(H,19,20);1H;/t18-,22+,23?;18-,22-,23?;;;11-,12?;;/m10..0../s1. The van der Waals surface area contributed by atoms with Gasteiger partial charge in [0, 0.05) is 294 Å². The molecule has 4 N–H and O–H groups in total. The quantitative estimate of drug-likeness (QED) is 0.0585. The van der Waals surface area contributed by atoms with Crippen molar-refractivity contribution in [3.63, 3.8) is 0 Å². The number of carbonyl (C=O) groups is 6. The fourth-order valence-corrected chi connectivity index (χ4v) is 19.6. The van der Waals surface area contributed by atoms with Gasteiger partial charge >= 0.3 is 18.2 Å². The molecule has 35 heteroatoms. The second kappa shape index (κ2) is 49.8. The zero-order valence-electron chi connectivity index (χ0n) is 86.3. The number of aryl methyl sites for hydroxylation is 4. The first-order valence-corrected chi connectivity index (χ1v) is 49.7. The van der Waals surface area contributed by atoms with Crippen molar-refractivity contribution < 1.29 is 118 Å². The summed E-state index contributed by atoms with van der Waals surface area (Å²) >= 11 is 25.3. The van der Waals surface area contributed by atoms with Gasteiger partial charge in [0.1, 0.15) is 46.1 Å². The number of aliphatic hydroxyl groups is 3. The summed E-state index contributed by atoms with van der Waals surface area (Å²) in [5.74, 6) is -7.27. The molecule has 23 nitrogen and oxygen atoms in total. The summed E-state index contributed by atoms with van der Waals surface area (Å²) in [6, 6.07) is 25.8. The van der Waals surface area contributed by atoms with E-state index in [9.17, 15) is 75.5 Å². The van der Waals surface area contributed by atoms with Gasteiger partial charge in [-0.2, -0.15) is 0 Å². The number of amides is 4. The third-order valence-corrected chi connectivity index (χ3v) is 28.8. The Hall–Kier alpha value is -7.75. The summed E-state index contributed by atoms with van der Waals surface area (Å²) < 4.78 is 94.5. The first kappa shape index (κ1) is 119. The van der Waals surface area contributed by atoms with Crippen molar-refractivity contribution in [2.75, 3.05) is 164 Å². The fraction of sp³-hybridized carbons (Fsp3) is 0.551. The van der Waals surface area contributed by atoms with Gasteiger partial charge in [-0.25, -0.2) is 35.9 Å². The number of carboxylic acid groups (broad SMARTS) is 1. The number of carboxylic acids is 1. The first-order valence-electron chi connectivity index (χ1n) is 48.2. The van der Waals surface area contributed by atoms with Crippen LogP contribution in [-0.2, 0) is 56.6 Å². The monoisotopic (exact) mass is 2150 g/mol. The van der Waals surface area contributed by atoms with Gasteiger partial charge in [0.05, 0.1) is 36.1 Å². The number of anilines is 4. The molecule has 7 aliphatic rings. The Morgan fingerprint density at radius 3 is 0.831 bits per heavy atom. The molecule has 7 aliphatic heterocycles. The van der Waals surface area contributed by atoms with Crippen molar-refractivity contribution in [1.82, 2.24) is 34.3 Å². The van der Waals surface area contributed by atoms with Crippen molar-refractivity contribution in [1.29, 1.82) is 0 Å². The normalized spacial score (nSPS) is 20.1. The number of benzene rings is 7. The second-order valence-corrected chi connectivity index (χ2v) is 44.5. The fourth-order valence-electron chi connectivity index (χ4n) is 19.0. The number of piperazine rings is 4. The second-order valence-electron chi connectivity index (χ2n) is 42.9. The van der Waals surface area contributed by atoms with E-state index in [1.165, 1.54) is 36.4 Å². The number of hydrogen-bond acceptors (Lipinski definition) is 18. The number of rotatable bonds is 14. The average molecular weight is 2160 g/mol. The van der Waals surface area contributed by atoms with Gasteiger partial charge < -0.3 is 69.1 Å². The first-order chi connectivity index (χ1) is 65.1. The Kier molecular flexibility index (Phi) is 41.9. The molecule has 14 rings (SSSR count). The maximum atomic E-state index is 14.8. The summed E-state index contributed by atoms with van der Waals surface area (Å²) in [6.07, 6.45) is -2.41. The predicted molar refractivity (Wildman–Crippen MR) is 551 cm³/mol. The van der Waals surface area contributed by atoms with Crippen LogP contribution >= 0.6 is 58.8 Å². The number of hydrogen-bond donors (Lipinski definition) is 4. The van der Waals surface area contributed by atoms with Crippen LogP contribution in [0.5, 0.6) is 0 Å². The maximum absolute atomic E-state index is 14.8. The Morgan fingerprint density at radius 1 is 0.352 bits per heavy atom. The molecule has 0 bridgehead atoms. The molecule has 9 atom stereocenters. The van der Waals surface area contributed by atoms with Gasteiger partial charge in [0.25, 0.3) is 0 Å².